The Morgan fingerprint density at radius 3 is 2.65 bits per heavy atom. The Morgan fingerprint density at radius 1 is 1.29 bits per heavy atom. The minimum absolute atomic E-state index is 0.115. The van der Waals surface area contributed by atoms with Gasteiger partial charge in [0.05, 0.1) is 0 Å². The van der Waals surface area contributed by atoms with Crippen molar-refractivity contribution in [2.45, 2.75) is 63.6 Å². The van der Waals surface area contributed by atoms with E-state index in [1.807, 2.05) is 0 Å². The second-order valence-corrected chi connectivity index (χ2v) is 5.42. The summed E-state index contributed by atoms with van der Waals surface area (Å²) in [4.78, 5) is 14.4. The van der Waals surface area contributed by atoms with E-state index in [-0.39, 0.29) is 11.9 Å². The van der Waals surface area contributed by atoms with E-state index in [1.54, 1.807) is 0 Å². The standard InChI is InChI=1S/C13H25N3O/c1-10-7-8-15-13(17)12(9-14)16(10)11-5-3-2-4-6-11/h10-12H,2-9,14H2,1H3,(H,15,17). The van der Waals surface area contributed by atoms with Crippen molar-refractivity contribution in [1.82, 2.24) is 10.2 Å². The first-order valence-electron chi connectivity index (χ1n) is 6.99. The molecule has 2 fully saturated rings. The van der Waals surface area contributed by atoms with E-state index in [1.165, 1.54) is 32.1 Å². The average molecular weight is 239 g/mol. The van der Waals surface area contributed by atoms with Gasteiger partial charge in [0, 0.05) is 25.2 Å². The monoisotopic (exact) mass is 239 g/mol. The third kappa shape index (κ3) is 2.80. The van der Waals surface area contributed by atoms with Crippen molar-refractivity contribution in [1.29, 1.82) is 0 Å². The van der Waals surface area contributed by atoms with Crippen LogP contribution in [0.4, 0.5) is 0 Å². The van der Waals surface area contributed by atoms with Crippen molar-refractivity contribution in [2.75, 3.05) is 13.1 Å². The molecule has 2 atom stereocenters. The molecule has 2 unspecified atom stereocenters. The lowest BCUT2D eigenvalue weighted by Crippen LogP contribution is -2.55. The van der Waals surface area contributed by atoms with Gasteiger partial charge in [-0.05, 0) is 26.2 Å². The van der Waals surface area contributed by atoms with Gasteiger partial charge in [0.15, 0.2) is 0 Å². The number of hydrogen-bond acceptors (Lipinski definition) is 3. The number of nitrogens with zero attached hydrogens (tertiary/aromatic N) is 1. The van der Waals surface area contributed by atoms with Gasteiger partial charge in [-0.25, -0.2) is 0 Å². The molecule has 4 nitrogen and oxygen atoms in total. The van der Waals surface area contributed by atoms with E-state index >= 15 is 0 Å². The van der Waals surface area contributed by atoms with Gasteiger partial charge in [-0.15, -0.1) is 0 Å². The molecule has 0 aromatic carbocycles. The highest BCUT2D eigenvalue weighted by molar-refractivity contribution is 5.82. The lowest BCUT2D eigenvalue weighted by molar-refractivity contribution is -0.127. The van der Waals surface area contributed by atoms with E-state index in [0.29, 0.717) is 18.6 Å². The molecule has 0 aromatic rings. The Kier molecular flexibility index (Phi) is 4.40. The van der Waals surface area contributed by atoms with Gasteiger partial charge in [-0.3, -0.25) is 9.69 Å². The fraction of sp³-hybridized carbons (Fsp3) is 0.923. The minimum Gasteiger partial charge on any atom is -0.355 e. The summed E-state index contributed by atoms with van der Waals surface area (Å²) >= 11 is 0. The smallest absolute Gasteiger partial charge is 0.238 e. The fourth-order valence-corrected chi connectivity index (χ4v) is 3.34. The number of rotatable bonds is 2. The van der Waals surface area contributed by atoms with E-state index in [0.717, 1.165) is 13.0 Å². The molecular formula is C13H25N3O. The molecule has 1 saturated carbocycles. The first kappa shape index (κ1) is 12.8. The quantitative estimate of drug-likeness (QED) is 0.751. The molecule has 1 aliphatic carbocycles. The molecule has 0 aromatic heterocycles. The van der Waals surface area contributed by atoms with Crippen LogP contribution in [0.1, 0.15) is 45.4 Å². The summed E-state index contributed by atoms with van der Waals surface area (Å²) in [6.07, 6.45) is 7.44. The highest BCUT2D eigenvalue weighted by Crippen LogP contribution is 2.27. The lowest BCUT2D eigenvalue weighted by Gasteiger charge is -2.41. The van der Waals surface area contributed by atoms with Crippen LogP contribution in [0.3, 0.4) is 0 Å². The van der Waals surface area contributed by atoms with Crippen molar-refractivity contribution in [3.8, 4) is 0 Å². The van der Waals surface area contributed by atoms with Gasteiger partial charge in [0.1, 0.15) is 6.04 Å². The Balaban J connectivity index is 2.14. The van der Waals surface area contributed by atoms with E-state index in [9.17, 15) is 4.79 Å². The number of nitrogens with one attached hydrogen (secondary N) is 1. The maximum Gasteiger partial charge on any atom is 0.238 e. The normalized spacial score (nSPS) is 33.2. The van der Waals surface area contributed by atoms with Crippen LogP contribution >= 0.6 is 0 Å². The Morgan fingerprint density at radius 2 is 2.00 bits per heavy atom. The van der Waals surface area contributed by atoms with Gasteiger partial charge < -0.3 is 11.1 Å². The molecule has 1 aliphatic heterocycles. The summed E-state index contributed by atoms with van der Waals surface area (Å²) < 4.78 is 0. The molecule has 0 spiro atoms. The maximum absolute atomic E-state index is 12.0. The van der Waals surface area contributed by atoms with E-state index < -0.39 is 0 Å². The predicted octanol–water partition coefficient (Wildman–Crippen LogP) is 0.857. The summed E-state index contributed by atoms with van der Waals surface area (Å²) in [6, 6.07) is 0.914. The molecule has 1 amide bonds. The zero-order chi connectivity index (χ0) is 12.3. The summed E-state index contributed by atoms with van der Waals surface area (Å²) in [7, 11) is 0. The number of carbonyl (C=O) groups excluding carboxylic acids is 1. The predicted molar refractivity (Wildman–Crippen MR) is 68.6 cm³/mol. The van der Waals surface area contributed by atoms with Crippen molar-refractivity contribution in [3.63, 3.8) is 0 Å². The highest BCUT2D eigenvalue weighted by atomic mass is 16.2. The third-order valence-corrected chi connectivity index (χ3v) is 4.25. The summed E-state index contributed by atoms with van der Waals surface area (Å²) in [5.41, 5.74) is 5.82. The summed E-state index contributed by atoms with van der Waals surface area (Å²) in [5.74, 6) is 0.127. The Bertz CT molecular complexity index is 263. The molecule has 98 valence electrons. The number of nitrogens with two attached hydrogens (primary N) is 1. The first-order valence-corrected chi connectivity index (χ1v) is 6.99. The second kappa shape index (κ2) is 5.83. The average Bonchev–Trinajstić information content (AvgIpc) is 2.49. The SMILES string of the molecule is CC1CCNC(=O)C(CN)N1C1CCCCC1. The third-order valence-electron chi connectivity index (χ3n) is 4.25. The van der Waals surface area contributed by atoms with Crippen LogP contribution in [-0.4, -0.2) is 42.0 Å². The molecule has 3 N–H and O–H groups in total. The first-order chi connectivity index (χ1) is 8.24. The molecule has 0 bridgehead atoms. The van der Waals surface area contributed by atoms with Gasteiger partial charge in [-0.1, -0.05) is 19.3 Å². The zero-order valence-electron chi connectivity index (χ0n) is 10.8. The van der Waals surface area contributed by atoms with Gasteiger partial charge in [0.25, 0.3) is 0 Å². The van der Waals surface area contributed by atoms with Crippen molar-refractivity contribution < 1.29 is 4.79 Å². The van der Waals surface area contributed by atoms with Gasteiger partial charge >= 0.3 is 0 Å². The summed E-state index contributed by atoms with van der Waals surface area (Å²) in [6.45, 7) is 3.46. The van der Waals surface area contributed by atoms with E-state index in [2.05, 4.69) is 17.1 Å². The van der Waals surface area contributed by atoms with Crippen LogP contribution in [-0.2, 0) is 4.79 Å². The Hall–Kier alpha value is -0.610. The number of hydrogen-bond donors (Lipinski definition) is 2. The maximum atomic E-state index is 12.0. The second-order valence-electron chi connectivity index (χ2n) is 5.42. The fourth-order valence-electron chi connectivity index (χ4n) is 3.34. The van der Waals surface area contributed by atoms with Gasteiger partial charge in [0.2, 0.25) is 5.91 Å². The van der Waals surface area contributed by atoms with Crippen molar-refractivity contribution in [2.24, 2.45) is 5.73 Å². The topological polar surface area (TPSA) is 58.4 Å². The molecule has 4 heteroatoms. The molecule has 2 rings (SSSR count). The van der Waals surface area contributed by atoms with Crippen LogP contribution in [0.15, 0.2) is 0 Å². The van der Waals surface area contributed by atoms with Crippen LogP contribution < -0.4 is 11.1 Å². The van der Waals surface area contributed by atoms with Gasteiger partial charge in [-0.2, -0.15) is 0 Å². The Labute approximate surface area is 104 Å². The largest absolute Gasteiger partial charge is 0.355 e. The molecule has 0 radical (unpaired) electrons. The van der Waals surface area contributed by atoms with E-state index in [4.69, 9.17) is 5.73 Å². The molecule has 2 aliphatic rings. The highest BCUT2D eigenvalue weighted by Gasteiger charge is 2.36. The summed E-state index contributed by atoms with van der Waals surface area (Å²) in [5, 5.41) is 2.98. The number of amides is 1. The molecule has 17 heavy (non-hydrogen) atoms. The van der Waals surface area contributed by atoms with Crippen molar-refractivity contribution in [3.05, 3.63) is 0 Å². The minimum atomic E-state index is -0.115. The van der Waals surface area contributed by atoms with Crippen LogP contribution in [0.5, 0.6) is 0 Å². The lowest BCUT2D eigenvalue weighted by atomic mass is 9.91. The molecular weight excluding hydrogens is 214 g/mol. The van der Waals surface area contributed by atoms with Crippen LogP contribution in [0.2, 0.25) is 0 Å². The molecule has 1 heterocycles. The zero-order valence-corrected chi connectivity index (χ0v) is 10.8. The van der Waals surface area contributed by atoms with Crippen LogP contribution in [0, 0.1) is 0 Å². The van der Waals surface area contributed by atoms with Crippen molar-refractivity contribution >= 4 is 5.91 Å². The van der Waals surface area contributed by atoms with Crippen LogP contribution in [0.25, 0.3) is 0 Å². The molecule has 1 saturated heterocycles. The number of carbonyl (C=O) groups is 1.